The molecule has 0 aliphatic heterocycles. The third-order valence-electron chi connectivity index (χ3n) is 2.18. The largest absolute Gasteiger partial charge is 0.330 e. The number of rotatable bonds is 4. The molecule has 0 amide bonds. The van der Waals surface area contributed by atoms with Crippen LogP contribution in [0.3, 0.4) is 0 Å². The Morgan fingerprint density at radius 3 is 2.21 bits per heavy atom. The lowest BCUT2D eigenvalue weighted by molar-refractivity contribution is 0.548. The third kappa shape index (κ3) is 3.14. The van der Waals surface area contributed by atoms with Crippen molar-refractivity contribution in [2.75, 3.05) is 13.1 Å². The van der Waals surface area contributed by atoms with Crippen molar-refractivity contribution in [1.29, 1.82) is 0 Å². The lowest BCUT2D eigenvalue weighted by Crippen LogP contribution is -2.25. The summed E-state index contributed by atoms with van der Waals surface area (Å²) >= 11 is 11.7. The van der Waals surface area contributed by atoms with Gasteiger partial charge in [0.2, 0.25) is 0 Å². The van der Waals surface area contributed by atoms with Crippen LogP contribution in [-0.2, 0) is 6.42 Å². The molecule has 0 aromatic heterocycles. The predicted octanol–water partition coefficient (Wildman–Crippen LogP) is 2.07. The minimum absolute atomic E-state index is 0.312. The monoisotopic (exact) mass is 232 g/mol. The van der Waals surface area contributed by atoms with E-state index in [2.05, 4.69) is 0 Å². The van der Waals surface area contributed by atoms with Crippen LogP contribution in [0.1, 0.15) is 5.56 Å². The van der Waals surface area contributed by atoms with Gasteiger partial charge < -0.3 is 11.5 Å². The lowest BCUT2D eigenvalue weighted by Gasteiger charge is -2.12. The molecule has 0 spiro atoms. The Labute approximate surface area is 94.2 Å². The molecule has 0 fully saturated rings. The molecule has 0 aliphatic rings. The minimum atomic E-state index is 0.312. The normalized spacial score (nSPS) is 10.9. The maximum absolute atomic E-state index is 5.89. The highest BCUT2D eigenvalue weighted by atomic mass is 35.5. The van der Waals surface area contributed by atoms with Gasteiger partial charge in [-0.15, -0.1) is 0 Å². The molecule has 0 saturated carbocycles. The van der Waals surface area contributed by atoms with E-state index in [1.165, 1.54) is 0 Å². The molecule has 2 nitrogen and oxygen atoms in total. The van der Waals surface area contributed by atoms with Gasteiger partial charge in [-0.3, -0.25) is 0 Å². The molecule has 4 N–H and O–H groups in total. The summed E-state index contributed by atoms with van der Waals surface area (Å²) < 4.78 is 0. The summed E-state index contributed by atoms with van der Waals surface area (Å²) in [6.07, 6.45) is 0.851. The van der Waals surface area contributed by atoms with Crippen LogP contribution in [-0.4, -0.2) is 13.1 Å². The van der Waals surface area contributed by atoms with E-state index in [-0.39, 0.29) is 0 Å². The van der Waals surface area contributed by atoms with E-state index in [1.54, 1.807) is 6.07 Å². The number of benzene rings is 1. The van der Waals surface area contributed by atoms with Crippen molar-refractivity contribution in [2.24, 2.45) is 17.4 Å². The molecule has 0 unspecified atom stereocenters. The molecule has 4 heteroatoms. The first-order valence-electron chi connectivity index (χ1n) is 4.51. The molecule has 78 valence electrons. The first kappa shape index (κ1) is 11.8. The highest BCUT2D eigenvalue weighted by molar-refractivity contribution is 6.42. The maximum atomic E-state index is 5.89. The van der Waals surface area contributed by atoms with E-state index in [0.29, 0.717) is 29.1 Å². The molecule has 1 aromatic carbocycles. The fraction of sp³-hybridized carbons (Fsp3) is 0.400. The molecule has 0 saturated heterocycles. The summed E-state index contributed by atoms with van der Waals surface area (Å²) in [4.78, 5) is 0. The molecule has 1 aromatic rings. The van der Waals surface area contributed by atoms with Gasteiger partial charge in [0.25, 0.3) is 0 Å². The topological polar surface area (TPSA) is 52.0 Å². The molecule has 0 radical (unpaired) electrons. The van der Waals surface area contributed by atoms with Crippen LogP contribution < -0.4 is 11.5 Å². The fourth-order valence-corrected chi connectivity index (χ4v) is 1.58. The molecule has 0 bridgehead atoms. The molecule has 0 heterocycles. The summed E-state index contributed by atoms with van der Waals surface area (Å²) in [6, 6.07) is 5.61. The molecular formula is C10H14Cl2N2. The van der Waals surface area contributed by atoms with Crippen molar-refractivity contribution in [1.82, 2.24) is 0 Å². The molecule has 0 aliphatic carbocycles. The van der Waals surface area contributed by atoms with E-state index in [4.69, 9.17) is 34.7 Å². The Kier molecular flexibility index (Phi) is 4.69. The van der Waals surface area contributed by atoms with Gasteiger partial charge in [-0.25, -0.2) is 0 Å². The second-order valence-electron chi connectivity index (χ2n) is 3.29. The van der Waals surface area contributed by atoms with Crippen molar-refractivity contribution in [2.45, 2.75) is 6.42 Å². The van der Waals surface area contributed by atoms with Crippen molar-refractivity contribution in [3.05, 3.63) is 33.8 Å². The Hall–Kier alpha value is -0.280. The Bertz CT molecular complexity index is 298. The van der Waals surface area contributed by atoms with Crippen molar-refractivity contribution in [3.8, 4) is 0 Å². The Balaban J connectivity index is 2.72. The van der Waals surface area contributed by atoms with Crippen LogP contribution >= 0.6 is 23.2 Å². The van der Waals surface area contributed by atoms with Crippen LogP contribution in [0.2, 0.25) is 10.0 Å². The second-order valence-corrected chi connectivity index (χ2v) is 4.10. The predicted molar refractivity (Wildman–Crippen MR) is 61.8 cm³/mol. The molecule has 14 heavy (non-hydrogen) atoms. The van der Waals surface area contributed by atoms with E-state index < -0.39 is 0 Å². The van der Waals surface area contributed by atoms with Gasteiger partial charge in [-0.2, -0.15) is 0 Å². The van der Waals surface area contributed by atoms with E-state index in [9.17, 15) is 0 Å². The van der Waals surface area contributed by atoms with E-state index >= 15 is 0 Å². The molecule has 0 atom stereocenters. The Morgan fingerprint density at radius 1 is 1.07 bits per heavy atom. The average molecular weight is 233 g/mol. The van der Waals surface area contributed by atoms with Gasteiger partial charge in [0.15, 0.2) is 0 Å². The van der Waals surface area contributed by atoms with E-state index in [0.717, 1.165) is 12.0 Å². The zero-order valence-electron chi connectivity index (χ0n) is 7.84. The van der Waals surface area contributed by atoms with Crippen LogP contribution in [0.25, 0.3) is 0 Å². The van der Waals surface area contributed by atoms with Crippen molar-refractivity contribution in [3.63, 3.8) is 0 Å². The summed E-state index contributed by atoms with van der Waals surface area (Å²) in [6.45, 7) is 1.19. The highest BCUT2D eigenvalue weighted by Gasteiger charge is 2.06. The SMILES string of the molecule is NCC(CN)Cc1ccc(Cl)c(Cl)c1. The number of hydrogen-bond acceptors (Lipinski definition) is 2. The molecule has 1 rings (SSSR count). The summed E-state index contributed by atoms with van der Waals surface area (Å²) in [5, 5.41) is 1.16. The van der Waals surface area contributed by atoms with Crippen molar-refractivity contribution < 1.29 is 0 Å². The first-order valence-corrected chi connectivity index (χ1v) is 5.27. The lowest BCUT2D eigenvalue weighted by atomic mass is 10.00. The zero-order chi connectivity index (χ0) is 10.6. The smallest absolute Gasteiger partial charge is 0.0595 e. The Morgan fingerprint density at radius 2 is 1.71 bits per heavy atom. The van der Waals surface area contributed by atoms with E-state index in [1.807, 2.05) is 12.1 Å². The maximum Gasteiger partial charge on any atom is 0.0595 e. The first-order chi connectivity index (χ1) is 6.67. The van der Waals surface area contributed by atoms with Gasteiger partial charge in [0.1, 0.15) is 0 Å². The number of nitrogens with two attached hydrogens (primary N) is 2. The van der Waals surface area contributed by atoms with Gasteiger partial charge in [0, 0.05) is 0 Å². The fourth-order valence-electron chi connectivity index (χ4n) is 1.26. The van der Waals surface area contributed by atoms with Gasteiger partial charge in [-0.05, 0) is 43.1 Å². The standard InChI is InChI=1S/C10H14Cl2N2/c11-9-2-1-7(4-10(9)12)3-8(5-13)6-14/h1-2,4,8H,3,5-6,13-14H2. The van der Waals surface area contributed by atoms with Crippen LogP contribution in [0, 0.1) is 5.92 Å². The summed E-state index contributed by atoms with van der Waals surface area (Å²) in [5.41, 5.74) is 12.2. The highest BCUT2D eigenvalue weighted by Crippen LogP contribution is 2.23. The third-order valence-corrected chi connectivity index (χ3v) is 2.91. The van der Waals surface area contributed by atoms with Crippen LogP contribution in [0.15, 0.2) is 18.2 Å². The van der Waals surface area contributed by atoms with Gasteiger partial charge in [0.05, 0.1) is 10.0 Å². The molecular weight excluding hydrogens is 219 g/mol. The van der Waals surface area contributed by atoms with Crippen LogP contribution in [0.4, 0.5) is 0 Å². The number of halogens is 2. The van der Waals surface area contributed by atoms with Gasteiger partial charge >= 0.3 is 0 Å². The minimum Gasteiger partial charge on any atom is -0.330 e. The summed E-state index contributed by atoms with van der Waals surface area (Å²) in [7, 11) is 0. The number of hydrogen-bond donors (Lipinski definition) is 2. The second kappa shape index (κ2) is 5.56. The zero-order valence-corrected chi connectivity index (χ0v) is 9.35. The van der Waals surface area contributed by atoms with Crippen LogP contribution in [0.5, 0.6) is 0 Å². The van der Waals surface area contributed by atoms with Crippen molar-refractivity contribution >= 4 is 23.2 Å². The average Bonchev–Trinajstić information content (AvgIpc) is 2.19. The summed E-state index contributed by atoms with van der Waals surface area (Å²) in [5.74, 6) is 0.312. The quantitative estimate of drug-likeness (QED) is 0.836. The van der Waals surface area contributed by atoms with Gasteiger partial charge in [-0.1, -0.05) is 29.3 Å².